The first kappa shape index (κ1) is 25.0. The normalized spacial score (nSPS) is 52.1. The van der Waals surface area contributed by atoms with Gasteiger partial charge in [-0.3, -0.25) is 4.79 Å². The molecule has 2 N–H and O–H groups in total. The van der Waals surface area contributed by atoms with Crippen molar-refractivity contribution in [2.45, 2.75) is 112 Å². The number of carbonyl (C=O) groups excluding carboxylic acids is 1. The summed E-state index contributed by atoms with van der Waals surface area (Å²) in [5.41, 5.74) is 2.25. The van der Waals surface area contributed by atoms with E-state index in [9.17, 15) is 15.0 Å². The molecule has 0 bridgehead atoms. The maximum atomic E-state index is 12.7. The van der Waals surface area contributed by atoms with Gasteiger partial charge in [-0.1, -0.05) is 60.1 Å². The number of rotatable bonds is 3. The summed E-state index contributed by atoms with van der Waals surface area (Å²) < 4.78 is 5.84. The van der Waals surface area contributed by atoms with Crippen molar-refractivity contribution in [3.05, 3.63) is 11.6 Å². The van der Waals surface area contributed by atoms with Gasteiger partial charge in [0.1, 0.15) is 0 Å². The molecule has 5 rings (SSSR count). The van der Waals surface area contributed by atoms with Crippen LogP contribution in [0, 0.1) is 51.2 Å². The molecule has 192 valence electrons. The Balaban J connectivity index is 1.44. The molecule has 4 aliphatic carbocycles. The molecule has 0 radical (unpaired) electrons. The third kappa shape index (κ3) is 3.10. The van der Waals surface area contributed by atoms with Crippen LogP contribution in [0.5, 0.6) is 0 Å². The van der Waals surface area contributed by atoms with Crippen LogP contribution in [0.4, 0.5) is 0 Å². The summed E-state index contributed by atoms with van der Waals surface area (Å²) in [5.74, 6) is -0.124. The van der Waals surface area contributed by atoms with Crippen LogP contribution < -0.4 is 0 Å². The molecule has 1 aliphatic heterocycles. The van der Waals surface area contributed by atoms with Crippen LogP contribution in [-0.2, 0) is 9.53 Å². The maximum Gasteiger partial charge on any atom is 0.227 e. The smallest absolute Gasteiger partial charge is 0.227 e. The van der Waals surface area contributed by atoms with Crippen molar-refractivity contribution in [3.63, 3.8) is 0 Å². The SMILES string of the molecule is CC(C)C(=O)C1(O)CC([C@@H]2CC[C@]3(C)C4=CC[C@H]5C(C)(C)[C@H](O)CC[C@]5(C)[C@H]4CC[C@@]23C)CO1. The van der Waals surface area contributed by atoms with E-state index in [1.807, 2.05) is 13.8 Å². The van der Waals surface area contributed by atoms with E-state index in [1.165, 1.54) is 19.3 Å². The molecule has 2 unspecified atom stereocenters. The highest BCUT2D eigenvalue weighted by Gasteiger charge is 2.66. The predicted molar refractivity (Wildman–Crippen MR) is 134 cm³/mol. The molecule has 5 aliphatic rings. The van der Waals surface area contributed by atoms with Gasteiger partial charge in [0.25, 0.3) is 0 Å². The largest absolute Gasteiger partial charge is 0.393 e. The van der Waals surface area contributed by atoms with Crippen LogP contribution in [0.15, 0.2) is 11.6 Å². The number of aliphatic hydroxyl groups is 2. The molecule has 1 saturated heterocycles. The Hall–Kier alpha value is -0.710. The lowest BCUT2D eigenvalue weighted by molar-refractivity contribution is -0.189. The van der Waals surface area contributed by atoms with Crippen LogP contribution in [0.25, 0.3) is 0 Å². The number of hydrogen-bond acceptors (Lipinski definition) is 4. The Morgan fingerprint density at radius 2 is 1.76 bits per heavy atom. The highest BCUT2D eigenvalue weighted by atomic mass is 16.6. The van der Waals surface area contributed by atoms with Gasteiger partial charge in [0, 0.05) is 12.3 Å². The molecule has 0 spiro atoms. The van der Waals surface area contributed by atoms with Crippen molar-refractivity contribution in [2.24, 2.45) is 51.2 Å². The van der Waals surface area contributed by atoms with Crippen molar-refractivity contribution in [2.75, 3.05) is 6.61 Å². The average molecular weight is 473 g/mol. The van der Waals surface area contributed by atoms with Gasteiger partial charge < -0.3 is 14.9 Å². The third-order valence-corrected chi connectivity index (χ3v) is 12.4. The summed E-state index contributed by atoms with van der Waals surface area (Å²) in [6.45, 7) is 16.3. The standard InChI is InChI=1S/C30H48O4/c1-18(2)25(32)30(33)16-19(17-34-30)20-10-14-29(7)22-8-9-23-26(3,4)24(31)12-13-27(23,5)21(22)11-15-28(20,29)6/h8,18-21,23-24,31,33H,9-17H2,1-7H3/t19?,20-,21-,23-,24+,27+,28-,29+,30?/m0/s1. The lowest BCUT2D eigenvalue weighted by Crippen LogP contribution is -2.58. The molecule has 4 nitrogen and oxygen atoms in total. The molecule has 0 aromatic rings. The van der Waals surface area contributed by atoms with Gasteiger partial charge in [-0.25, -0.2) is 0 Å². The zero-order valence-electron chi connectivity index (χ0n) is 22.6. The molecule has 0 amide bonds. The molecular weight excluding hydrogens is 424 g/mol. The second-order valence-corrected chi connectivity index (χ2v) is 14.4. The summed E-state index contributed by atoms with van der Waals surface area (Å²) in [4.78, 5) is 12.7. The zero-order valence-corrected chi connectivity index (χ0v) is 22.6. The first-order chi connectivity index (χ1) is 15.7. The van der Waals surface area contributed by atoms with Crippen molar-refractivity contribution in [1.82, 2.24) is 0 Å². The lowest BCUT2D eigenvalue weighted by atomic mass is 9.41. The Morgan fingerprint density at radius 1 is 1.06 bits per heavy atom. The molecule has 1 heterocycles. The predicted octanol–water partition coefficient (Wildman–Crippen LogP) is 5.90. The minimum Gasteiger partial charge on any atom is -0.393 e. The van der Waals surface area contributed by atoms with E-state index in [-0.39, 0.29) is 45.4 Å². The number of ether oxygens (including phenoxy) is 1. The number of hydrogen-bond donors (Lipinski definition) is 2. The Labute approximate surface area is 206 Å². The maximum absolute atomic E-state index is 12.7. The van der Waals surface area contributed by atoms with Crippen LogP contribution >= 0.6 is 0 Å². The first-order valence-electron chi connectivity index (χ1n) is 14.0. The van der Waals surface area contributed by atoms with Gasteiger partial charge in [0.05, 0.1) is 12.7 Å². The van der Waals surface area contributed by atoms with Crippen molar-refractivity contribution in [1.29, 1.82) is 0 Å². The summed E-state index contributed by atoms with van der Waals surface area (Å²) >= 11 is 0. The Morgan fingerprint density at radius 3 is 2.44 bits per heavy atom. The number of carbonyl (C=O) groups is 1. The second kappa shape index (κ2) is 7.65. The molecule has 0 aromatic heterocycles. The molecule has 4 fully saturated rings. The summed E-state index contributed by atoms with van der Waals surface area (Å²) in [6.07, 6.45) is 10.7. The number of aliphatic hydroxyl groups excluding tert-OH is 1. The molecule has 9 atom stereocenters. The Kier molecular flexibility index (Phi) is 5.62. The number of Topliss-reactive ketones (excluding diaryl/α,β-unsaturated/α-hetero) is 1. The third-order valence-electron chi connectivity index (χ3n) is 12.4. The van der Waals surface area contributed by atoms with E-state index in [0.717, 1.165) is 25.7 Å². The summed E-state index contributed by atoms with van der Waals surface area (Å²) in [6, 6.07) is 0. The number of fused-ring (bicyclic) bond motifs is 5. The van der Waals surface area contributed by atoms with E-state index >= 15 is 0 Å². The fourth-order valence-corrected chi connectivity index (χ4v) is 10.1. The van der Waals surface area contributed by atoms with Gasteiger partial charge in [-0.05, 0) is 90.3 Å². The monoisotopic (exact) mass is 472 g/mol. The van der Waals surface area contributed by atoms with Gasteiger partial charge in [-0.2, -0.15) is 0 Å². The highest BCUT2D eigenvalue weighted by molar-refractivity contribution is 5.87. The van der Waals surface area contributed by atoms with Crippen molar-refractivity contribution >= 4 is 5.78 Å². The summed E-state index contributed by atoms with van der Waals surface area (Å²) in [7, 11) is 0. The van der Waals surface area contributed by atoms with Gasteiger partial charge in [0.15, 0.2) is 5.78 Å². The minimum atomic E-state index is -1.59. The average Bonchev–Trinajstić information content (AvgIpc) is 3.28. The first-order valence-corrected chi connectivity index (χ1v) is 14.0. The van der Waals surface area contributed by atoms with Crippen molar-refractivity contribution in [3.8, 4) is 0 Å². The quantitative estimate of drug-likeness (QED) is 0.502. The number of ketones is 1. The fourth-order valence-electron chi connectivity index (χ4n) is 10.1. The number of allylic oxidation sites excluding steroid dienone is 2. The van der Waals surface area contributed by atoms with Crippen molar-refractivity contribution < 1.29 is 19.7 Å². The van der Waals surface area contributed by atoms with Crippen LogP contribution in [0.1, 0.15) is 99.8 Å². The molecule has 34 heavy (non-hydrogen) atoms. The van der Waals surface area contributed by atoms with Crippen LogP contribution in [-0.4, -0.2) is 34.5 Å². The highest BCUT2D eigenvalue weighted by Crippen LogP contribution is 2.73. The van der Waals surface area contributed by atoms with E-state index < -0.39 is 5.79 Å². The van der Waals surface area contributed by atoms with E-state index in [1.54, 1.807) is 5.57 Å². The zero-order chi connectivity index (χ0) is 24.9. The van der Waals surface area contributed by atoms with Crippen LogP contribution in [0.3, 0.4) is 0 Å². The van der Waals surface area contributed by atoms with E-state index in [2.05, 4.69) is 40.7 Å². The van der Waals surface area contributed by atoms with Gasteiger partial charge in [-0.15, -0.1) is 0 Å². The molecule has 3 saturated carbocycles. The summed E-state index contributed by atoms with van der Waals surface area (Å²) in [5, 5.41) is 21.8. The topological polar surface area (TPSA) is 66.8 Å². The fraction of sp³-hybridized carbons (Fsp3) is 0.900. The van der Waals surface area contributed by atoms with E-state index in [0.29, 0.717) is 30.8 Å². The Bertz CT molecular complexity index is 890. The minimum absolute atomic E-state index is 0.0382. The second-order valence-electron chi connectivity index (χ2n) is 14.4. The molecule has 4 heteroatoms. The molecular formula is C30H48O4. The lowest BCUT2D eigenvalue weighted by Gasteiger charge is -2.64. The van der Waals surface area contributed by atoms with E-state index in [4.69, 9.17) is 4.74 Å². The van der Waals surface area contributed by atoms with Gasteiger partial charge in [0.2, 0.25) is 5.79 Å². The van der Waals surface area contributed by atoms with Crippen LogP contribution in [0.2, 0.25) is 0 Å². The molecule has 0 aromatic carbocycles. The van der Waals surface area contributed by atoms with Gasteiger partial charge >= 0.3 is 0 Å².